The molecule has 1 aromatic carbocycles. The summed E-state index contributed by atoms with van der Waals surface area (Å²) in [6.07, 6.45) is 2.20. The van der Waals surface area contributed by atoms with E-state index in [-0.39, 0.29) is 11.5 Å². The minimum Gasteiger partial charge on any atom is -0.364 e. The Morgan fingerprint density at radius 2 is 2.05 bits per heavy atom. The van der Waals surface area contributed by atoms with E-state index >= 15 is 0 Å². The maximum atomic E-state index is 11.3. The SMILES string of the molecule is CCCNc1ncnc(Sc2ccc(Br)cc2)c1[N+](=O)[O-]. The van der Waals surface area contributed by atoms with Crippen LogP contribution in [0.2, 0.25) is 0 Å². The lowest BCUT2D eigenvalue weighted by Crippen LogP contribution is -2.07. The Morgan fingerprint density at radius 3 is 2.67 bits per heavy atom. The van der Waals surface area contributed by atoms with Gasteiger partial charge in [-0.15, -0.1) is 0 Å². The number of aromatic nitrogens is 2. The molecule has 110 valence electrons. The Kier molecular flexibility index (Phi) is 5.51. The Hall–Kier alpha value is -1.67. The van der Waals surface area contributed by atoms with Crippen molar-refractivity contribution >= 4 is 39.2 Å². The first kappa shape index (κ1) is 15.7. The molecule has 2 aromatic rings. The lowest BCUT2D eigenvalue weighted by atomic mass is 10.4. The third kappa shape index (κ3) is 4.15. The molecule has 0 spiro atoms. The van der Waals surface area contributed by atoms with Crippen molar-refractivity contribution < 1.29 is 4.92 Å². The van der Waals surface area contributed by atoms with E-state index in [4.69, 9.17) is 0 Å². The number of nitrogens with one attached hydrogen (secondary N) is 1. The first-order valence-electron chi connectivity index (χ1n) is 6.28. The summed E-state index contributed by atoms with van der Waals surface area (Å²) in [7, 11) is 0. The van der Waals surface area contributed by atoms with Gasteiger partial charge in [0.15, 0.2) is 5.03 Å². The molecule has 0 aliphatic heterocycles. The van der Waals surface area contributed by atoms with Gasteiger partial charge in [-0.2, -0.15) is 0 Å². The maximum absolute atomic E-state index is 11.3. The Labute approximate surface area is 134 Å². The van der Waals surface area contributed by atoms with E-state index in [1.165, 1.54) is 18.1 Å². The molecule has 6 nitrogen and oxygen atoms in total. The van der Waals surface area contributed by atoms with E-state index in [0.717, 1.165) is 15.8 Å². The van der Waals surface area contributed by atoms with Crippen LogP contribution in [0.3, 0.4) is 0 Å². The zero-order chi connectivity index (χ0) is 15.2. The van der Waals surface area contributed by atoms with Crippen LogP contribution in [0.5, 0.6) is 0 Å². The third-order valence-corrected chi connectivity index (χ3v) is 4.07. The van der Waals surface area contributed by atoms with Crippen LogP contribution in [-0.2, 0) is 0 Å². The molecule has 2 rings (SSSR count). The fourth-order valence-corrected chi connectivity index (χ4v) is 2.72. The number of halogens is 1. The van der Waals surface area contributed by atoms with Gasteiger partial charge in [-0.05, 0) is 30.7 Å². The van der Waals surface area contributed by atoms with Gasteiger partial charge in [-0.25, -0.2) is 9.97 Å². The Morgan fingerprint density at radius 1 is 1.33 bits per heavy atom. The van der Waals surface area contributed by atoms with Crippen LogP contribution < -0.4 is 5.32 Å². The van der Waals surface area contributed by atoms with E-state index in [2.05, 4.69) is 31.2 Å². The summed E-state index contributed by atoms with van der Waals surface area (Å²) >= 11 is 4.60. The standard InChI is InChI=1S/C13H13BrN4O2S/c1-2-7-15-12-11(18(19)20)13(17-8-16-12)21-10-5-3-9(14)4-6-10/h3-6,8H,2,7H2,1H3,(H,15,16,17). The fraction of sp³-hybridized carbons (Fsp3) is 0.231. The average molecular weight is 369 g/mol. The van der Waals surface area contributed by atoms with Gasteiger partial charge < -0.3 is 5.32 Å². The molecule has 0 saturated heterocycles. The number of hydrogen-bond acceptors (Lipinski definition) is 6. The summed E-state index contributed by atoms with van der Waals surface area (Å²) in [5, 5.41) is 14.6. The summed E-state index contributed by atoms with van der Waals surface area (Å²) in [5.74, 6) is 0.261. The average Bonchev–Trinajstić information content (AvgIpc) is 2.47. The fourth-order valence-electron chi connectivity index (χ4n) is 1.59. The molecule has 1 heterocycles. The zero-order valence-corrected chi connectivity index (χ0v) is 13.6. The van der Waals surface area contributed by atoms with Crippen molar-refractivity contribution in [2.75, 3.05) is 11.9 Å². The number of rotatable bonds is 6. The second-order valence-corrected chi connectivity index (χ2v) is 6.09. The van der Waals surface area contributed by atoms with Crippen LogP contribution in [0.25, 0.3) is 0 Å². The van der Waals surface area contributed by atoms with E-state index in [1.54, 1.807) is 0 Å². The van der Waals surface area contributed by atoms with Gasteiger partial charge in [0.2, 0.25) is 5.82 Å². The third-order valence-electron chi connectivity index (χ3n) is 2.54. The molecule has 1 aromatic heterocycles. The molecule has 0 radical (unpaired) electrons. The van der Waals surface area contributed by atoms with Crippen LogP contribution in [0, 0.1) is 10.1 Å². The molecular formula is C13H13BrN4O2S. The smallest absolute Gasteiger partial charge is 0.343 e. The van der Waals surface area contributed by atoms with Gasteiger partial charge in [-0.3, -0.25) is 10.1 Å². The van der Waals surface area contributed by atoms with E-state index < -0.39 is 4.92 Å². The van der Waals surface area contributed by atoms with Crippen LogP contribution in [0.15, 0.2) is 45.0 Å². The molecule has 0 amide bonds. The predicted octanol–water partition coefficient (Wildman–Crippen LogP) is 4.12. The number of nitrogens with zero attached hydrogens (tertiary/aromatic N) is 3. The molecule has 21 heavy (non-hydrogen) atoms. The molecule has 0 atom stereocenters. The van der Waals surface area contributed by atoms with Gasteiger partial charge in [0.25, 0.3) is 0 Å². The quantitative estimate of drug-likeness (QED) is 0.469. The van der Waals surface area contributed by atoms with Crippen molar-refractivity contribution in [1.82, 2.24) is 9.97 Å². The summed E-state index contributed by atoms with van der Waals surface area (Å²) in [6, 6.07) is 7.51. The van der Waals surface area contributed by atoms with Crippen molar-refractivity contribution in [2.24, 2.45) is 0 Å². The maximum Gasteiger partial charge on any atom is 0.343 e. The van der Waals surface area contributed by atoms with Crippen LogP contribution in [0.1, 0.15) is 13.3 Å². The number of nitro groups is 1. The van der Waals surface area contributed by atoms with Gasteiger partial charge in [0.1, 0.15) is 6.33 Å². The minimum atomic E-state index is -0.445. The molecular weight excluding hydrogens is 356 g/mol. The monoisotopic (exact) mass is 368 g/mol. The van der Waals surface area contributed by atoms with Gasteiger partial charge in [0, 0.05) is 15.9 Å². The largest absolute Gasteiger partial charge is 0.364 e. The molecule has 0 unspecified atom stereocenters. The summed E-state index contributed by atoms with van der Waals surface area (Å²) in [5.41, 5.74) is -0.0844. The highest BCUT2D eigenvalue weighted by Crippen LogP contribution is 2.36. The number of benzene rings is 1. The second-order valence-electron chi connectivity index (χ2n) is 4.12. The van der Waals surface area contributed by atoms with Crippen LogP contribution >= 0.6 is 27.7 Å². The van der Waals surface area contributed by atoms with E-state index in [9.17, 15) is 10.1 Å². The predicted molar refractivity (Wildman–Crippen MR) is 85.7 cm³/mol. The van der Waals surface area contributed by atoms with Gasteiger partial charge in [-0.1, -0.05) is 34.6 Å². The summed E-state index contributed by atoms with van der Waals surface area (Å²) in [6.45, 7) is 2.61. The van der Waals surface area contributed by atoms with Gasteiger partial charge in [0.05, 0.1) is 4.92 Å². The Bertz CT molecular complexity index is 637. The molecule has 0 saturated carbocycles. The van der Waals surface area contributed by atoms with Crippen molar-refractivity contribution in [3.63, 3.8) is 0 Å². The highest BCUT2D eigenvalue weighted by atomic mass is 79.9. The van der Waals surface area contributed by atoms with E-state index in [0.29, 0.717) is 11.6 Å². The molecule has 0 aliphatic rings. The summed E-state index contributed by atoms with van der Waals surface area (Å²) < 4.78 is 0.953. The second kappa shape index (κ2) is 7.37. The van der Waals surface area contributed by atoms with Crippen molar-refractivity contribution in [3.8, 4) is 0 Å². The lowest BCUT2D eigenvalue weighted by Gasteiger charge is -2.07. The van der Waals surface area contributed by atoms with Crippen molar-refractivity contribution in [1.29, 1.82) is 0 Å². The minimum absolute atomic E-state index is 0.0844. The normalized spacial score (nSPS) is 10.4. The lowest BCUT2D eigenvalue weighted by molar-refractivity contribution is -0.387. The molecule has 0 fully saturated rings. The highest BCUT2D eigenvalue weighted by molar-refractivity contribution is 9.10. The van der Waals surface area contributed by atoms with Gasteiger partial charge >= 0.3 is 5.69 Å². The first-order valence-corrected chi connectivity index (χ1v) is 7.89. The van der Waals surface area contributed by atoms with Crippen molar-refractivity contribution in [3.05, 3.63) is 45.2 Å². The van der Waals surface area contributed by atoms with Crippen LogP contribution in [0.4, 0.5) is 11.5 Å². The Balaban J connectivity index is 2.33. The first-order chi connectivity index (χ1) is 10.1. The van der Waals surface area contributed by atoms with E-state index in [1.807, 2.05) is 31.2 Å². The molecule has 8 heteroatoms. The highest BCUT2D eigenvalue weighted by Gasteiger charge is 2.23. The molecule has 0 bridgehead atoms. The zero-order valence-electron chi connectivity index (χ0n) is 11.2. The molecule has 0 aliphatic carbocycles. The summed E-state index contributed by atoms with van der Waals surface area (Å²) in [4.78, 5) is 19.8. The van der Waals surface area contributed by atoms with Crippen molar-refractivity contribution in [2.45, 2.75) is 23.3 Å². The number of hydrogen-bond donors (Lipinski definition) is 1. The molecule has 1 N–H and O–H groups in total. The van der Waals surface area contributed by atoms with Crippen LogP contribution in [-0.4, -0.2) is 21.4 Å². The number of anilines is 1. The topological polar surface area (TPSA) is 81.0 Å².